The van der Waals surface area contributed by atoms with Crippen LogP contribution in [0.2, 0.25) is 0 Å². The molecule has 0 saturated heterocycles. The summed E-state index contributed by atoms with van der Waals surface area (Å²) in [5.41, 5.74) is 2.15. The van der Waals surface area contributed by atoms with Crippen LogP contribution in [0.5, 0.6) is 0 Å². The van der Waals surface area contributed by atoms with Gasteiger partial charge in [-0.3, -0.25) is 0 Å². The van der Waals surface area contributed by atoms with Gasteiger partial charge in [0.1, 0.15) is 0 Å². The van der Waals surface area contributed by atoms with Gasteiger partial charge >= 0.3 is 0 Å². The van der Waals surface area contributed by atoms with Crippen LogP contribution < -0.4 is 0 Å². The Bertz CT molecular complexity index is 525. The minimum absolute atomic E-state index is 0.0778. The van der Waals surface area contributed by atoms with E-state index in [1.807, 2.05) is 31.2 Å². The lowest BCUT2D eigenvalue weighted by atomic mass is 10.1. The molecule has 0 atom stereocenters. The van der Waals surface area contributed by atoms with E-state index in [-0.39, 0.29) is 6.61 Å². The van der Waals surface area contributed by atoms with Gasteiger partial charge in [0.05, 0.1) is 6.61 Å². The SMILES string of the molecule is Cc1ccc(Sc2ccccc2Br)c(CO)c1. The summed E-state index contributed by atoms with van der Waals surface area (Å²) in [6.45, 7) is 2.11. The van der Waals surface area contributed by atoms with Gasteiger partial charge < -0.3 is 5.11 Å². The molecule has 3 heteroatoms. The number of halogens is 1. The van der Waals surface area contributed by atoms with Crippen LogP contribution in [0.1, 0.15) is 11.1 Å². The summed E-state index contributed by atoms with van der Waals surface area (Å²) in [7, 11) is 0. The molecular weight excluding hydrogens is 296 g/mol. The maximum absolute atomic E-state index is 9.37. The highest BCUT2D eigenvalue weighted by atomic mass is 79.9. The van der Waals surface area contributed by atoms with Gasteiger partial charge in [0.15, 0.2) is 0 Å². The van der Waals surface area contributed by atoms with Gasteiger partial charge in [-0.1, -0.05) is 41.6 Å². The summed E-state index contributed by atoms with van der Waals surface area (Å²) in [4.78, 5) is 2.26. The molecule has 0 spiro atoms. The highest BCUT2D eigenvalue weighted by Gasteiger charge is 2.06. The first kappa shape index (κ1) is 12.7. The molecule has 0 bridgehead atoms. The molecule has 88 valence electrons. The third-order valence-electron chi connectivity index (χ3n) is 2.44. The fraction of sp³-hybridized carbons (Fsp3) is 0.143. The first-order valence-corrected chi connectivity index (χ1v) is 6.94. The van der Waals surface area contributed by atoms with Crippen LogP contribution in [0.15, 0.2) is 56.7 Å². The standard InChI is InChI=1S/C14H13BrOS/c1-10-6-7-13(11(8-10)9-16)17-14-5-3-2-4-12(14)15/h2-8,16H,9H2,1H3. The van der Waals surface area contributed by atoms with E-state index in [0.29, 0.717) is 0 Å². The lowest BCUT2D eigenvalue weighted by Crippen LogP contribution is -1.89. The van der Waals surface area contributed by atoms with Gasteiger partial charge in [-0.05, 0) is 46.6 Å². The topological polar surface area (TPSA) is 20.2 Å². The number of hydrogen-bond acceptors (Lipinski definition) is 2. The van der Waals surface area contributed by atoms with Crippen LogP contribution in [0.3, 0.4) is 0 Å². The van der Waals surface area contributed by atoms with Crippen molar-refractivity contribution in [1.29, 1.82) is 0 Å². The molecule has 2 aromatic rings. The van der Waals surface area contributed by atoms with Crippen molar-refractivity contribution in [3.63, 3.8) is 0 Å². The highest BCUT2D eigenvalue weighted by Crippen LogP contribution is 2.35. The zero-order chi connectivity index (χ0) is 12.3. The second-order valence-electron chi connectivity index (χ2n) is 3.80. The third-order valence-corrected chi connectivity index (χ3v) is 4.59. The largest absolute Gasteiger partial charge is 0.392 e. The van der Waals surface area contributed by atoms with Gasteiger partial charge in [0, 0.05) is 14.3 Å². The highest BCUT2D eigenvalue weighted by molar-refractivity contribution is 9.10. The van der Waals surface area contributed by atoms with E-state index in [1.165, 1.54) is 5.56 Å². The summed E-state index contributed by atoms with van der Waals surface area (Å²) in [5.74, 6) is 0. The summed E-state index contributed by atoms with van der Waals surface area (Å²) in [6.07, 6.45) is 0. The second kappa shape index (κ2) is 5.71. The molecule has 0 aliphatic rings. The quantitative estimate of drug-likeness (QED) is 0.907. The molecule has 0 amide bonds. The fourth-order valence-corrected chi connectivity index (χ4v) is 3.04. The fourth-order valence-electron chi connectivity index (χ4n) is 1.58. The first-order valence-electron chi connectivity index (χ1n) is 5.33. The molecule has 0 aliphatic heterocycles. The number of aryl methyl sites for hydroxylation is 1. The molecule has 17 heavy (non-hydrogen) atoms. The Morgan fingerprint density at radius 2 is 1.88 bits per heavy atom. The smallest absolute Gasteiger partial charge is 0.0692 e. The molecule has 0 radical (unpaired) electrons. The lowest BCUT2D eigenvalue weighted by molar-refractivity contribution is 0.279. The van der Waals surface area contributed by atoms with Crippen LogP contribution in [0.25, 0.3) is 0 Å². The minimum atomic E-state index is 0.0778. The molecule has 1 N–H and O–H groups in total. The predicted molar refractivity (Wildman–Crippen MR) is 75.4 cm³/mol. The number of aliphatic hydroxyl groups is 1. The van der Waals surface area contributed by atoms with Crippen LogP contribution in [0.4, 0.5) is 0 Å². The van der Waals surface area contributed by atoms with Crippen molar-refractivity contribution in [3.05, 3.63) is 58.1 Å². The minimum Gasteiger partial charge on any atom is -0.392 e. The van der Waals surface area contributed by atoms with Crippen molar-refractivity contribution in [2.75, 3.05) is 0 Å². The van der Waals surface area contributed by atoms with Gasteiger partial charge in [-0.2, -0.15) is 0 Å². The van der Waals surface area contributed by atoms with Crippen LogP contribution in [-0.2, 0) is 6.61 Å². The Kier molecular flexibility index (Phi) is 4.26. The monoisotopic (exact) mass is 308 g/mol. The molecule has 2 rings (SSSR count). The molecule has 0 heterocycles. The number of aliphatic hydroxyl groups excluding tert-OH is 1. The molecule has 0 aliphatic carbocycles. The number of hydrogen-bond donors (Lipinski definition) is 1. The van der Waals surface area contributed by atoms with Crippen molar-refractivity contribution < 1.29 is 5.11 Å². The van der Waals surface area contributed by atoms with E-state index in [2.05, 4.69) is 34.1 Å². The lowest BCUT2D eigenvalue weighted by Gasteiger charge is -2.09. The Balaban J connectivity index is 2.33. The Morgan fingerprint density at radius 3 is 2.59 bits per heavy atom. The Morgan fingerprint density at radius 1 is 1.12 bits per heavy atom. The van der Waals surface area contributed by atoms with Crippen molar-refractivity contribution in [2.45, 2.75) is 23.3 Å². The Hall–Kier alpha value is -0.770. The summed E-state index contributed by atoms with van der Waals surface area (Å²) < 4.78 is 1.08. The average molecular weight is 309 g/mol. The summed E-state index contributed by atoms with van der Waals surface area (Å²) >= 11 is 5.20. The molecule has 0 fully saturated rings. The Labute approximate surface area is 114 Å². The van der Waals surface area contributed by atoms with Crippen molar-refractivity contribution in [3.8, 4) is 0 Å². The molecule has 2 aromatic carbocycles. The average Bonchev–Trinajstić information content (AvgIpc) is 2.34. The zero-order valence-corrected chi connectivity index (χ0v) is 11.9. The third kappa shape index (κ3) is 3.12. The van der Waals surface area contributed by atoms with Gasteiger partial charge in [0.2, 0.25) is 0 Å². The number of benzene rings is 2. The molecule has 0 aromatic heterocycles. The van der Waals surface area contributed by atoms with E-state index in [4.69, 9.17) is 0 Å². The van der Waals surface area contributed by atoms with E-state index >= 15 is 0 Å². The van der Waals surface area contributed by atoms with Gasteiger partial charge in [-0.25, -0.2) is 0 Å². The number of rotatable bonds is 3. The van der Waals surface area contributed by atoms with E-state index in [1.54, 1.807) is 11.8 Å². The second-order valence-corrected chi connectivity index (χ2v) is 5.74. The molecule has 1 nitrogen and oxygen atoms in total. The van der Waals surface area contributed by atoms with Crippen LogP contribution in [-0.4, -0.2) is 5.11 Å². The van der Waals surface area contributed by atoms with Crippen molar-refractivity contribution in [2.24, 2.45) is 0 Å². The summed E-state index contributed by atoms with van der Waals surface area (Å²) in [6, 6.07) is 14.3. The zero-order valence-electron chi connectivity index (χ0n) is 9.48. The predicted octanol–water partition coefficient (Wildman–Crippen LogP) is 4.40. The molecular formula is C14H13BrOS. The van der Waals surface area contributed by atoms with Crippen molar-refractivity contribution >= 4 is 27.7 Å². The maximum atomic E-state index is 9.37. The van der Waals surface area contributed by atoms with Crippen LogP contribution >= 0.6 is 27.7 Å². The van der Waals surface area contributed by atoms with E-state index < -0.39 is 0 Å². The summed E-state index contributed by atoms with van der Waals surface area (Å²) in [5, 5.41) is 9.37. The first-order chi connectivity index (χ1) is 8.20. The maximum Gasteiger partial charge on any atom is 0.0692 e. The van der Waals surface area contributed by atoms with E-state index in [9.17, 15) is 5.11 Å². The van der Waals surface area contributed by atoms with Gasteiger partial charge in [0.25, 0.3) is 0 Å². The normalized spacial score (nSPS) is 10.5. The van der Waals surface area contributed by atoms with E-state index in [0.717, 1.165) is 19.8 Å². The van der Waals surface area contributed by atoms with Gasteiger partial charge in [-0.15, -0.1) is 0 Å². The molecule has 0 unspecified atom stereocenters. The van der Waals surface area contributed by atoms with Crippen LogP contribution in [0, 0.1) is 6.92 Å². The van der Waals surface area contributed by atoms with Crippen molar-refractivity contribution in [1.82, 2.24) is 0 Å². The molecule has 0 saturated carbocycles.